The number of benzene rings is 1. The van der Waals surface area contributed by atoms with E-state index in [4.69, 9.17) is 11.6 Å². The minimum absolute atomic E-state index is 0.0488. The Morgan fingerprint density at radius 2 is 2.06 bits per heavy atom. The number of nitrogens with one attached hydrogen (secondary N) is 3. The molecule has 9 nitrogen and oxygen atoms in total. The van der Waals surface area contributed by atoms with Crippen LogP contribution in [0.1, 0.15) is 36.2 Å². The van der Waals surface area contributed by atoms with Crippen molar-refractivity contribution in [1.29, 1.82) is 0 Å². The van der Waals surface area contributed by atoms with Crippen LogP contribution in [0.4, 0.5) is 14.6 Å². The average Bonchev–Trinajstić information content (AvgIpc) is 3.42. The Morgan fingerprint density at radius 3 is 2.85 bits per heavy atom. The monoisotopic (exact) mass is 486 g/mol. The Labute approximate surface area is 197 Å². The normalized spacial score (nSPS) is 18.2. The number of fused-ring (bicyclic) bond motifs is 1. The number of carbonyl (C=O) groups excluding carboxylic acids is 1. The zero-order valence-corrected chi connectivity index (χ0v) is 18.9. The summed E-state index contributed by atoms with van der Waals surface area (Å²) in [4.78, 5) is 23.7. The molecule has 12 heteroatoms. The number of hydrogen-bond donors (Lipinski definition) is 3. The van der Waals surface area contributed by atoms with Crippen molar-refractivity contribution in [3.63, 3.8) is 0 Å². The number of H-pyrrole nitrogens is 1. The smallest absolute Gasteiger partial charge is 0.273 e. The van der Waals surface area contributed by atoms with Crippen molar-refractivity contribution in [2.45, 2.75) is 37.8 Å². The largest absolute Gasteiger partial charge is 0.365 e. The molecule has 1 fully saturated rings. The van der Waals surface area contributed by atoms with Gasteiger partial charge in [0.1, 0.15) is 5.82 Å². The van der Waals surface area contributed by atoms with Crippen molar-refractivity contribution >= 4 is 34.2 Å². The molecule has 1 aliphatic carbocycles. The summed E-state index contributed by atoms with van der Waals surface area (Å²) in [6, 6.07) is 2.62. The Balaban J connectivity index is 1.33. The van der Waals surface area contributed by atoms with Gasteiger partial charge < -0.3 is 15.6 Å². The molecular formula is C22H21ClF2N8O. The maximum absolute atomic E-state index is 14.6. The van der Waals surface area contributed by atoms with Crippen LogP contribution < -0.4 is 10.6 Å². The van der Waals surface area contributed by atoms with Crippen LogP contribution in [0.2, 0.25) is 5.02 Å². The highest BCUT2D eigenvalue weighted by molar-refractivity contribution is 6.31. The lowest BCUT2D eigenvalue weighted by Crippen LogP contribution is -2.42. The molecule has 1 saturated carbocycles. The highest BCUT2D eigenvalue weighted by atomic mass is 35.5. The third-order valence-electron chi connectivity index (χ3n) is 5.88. The average molecular weight is 487 g/mol. The molecule has 1 aliphatic rings. The Kier molecular flexibility index (Phi) is 5.86. The fraction of sp³-hybridized carbons (Fsp3) is 0.318. The summed E-state index contributed by atoms with van der Waals surface area (Å²) in [5, 5.41) is 14.5. The fourth-order valence-electron chi connectivity index (χ4n) is 4.29. The van der Waals surface area contributed by atoms with Crippen molar-refractivity contribution in [1.82, 2.24) is 35.3 Å². The van der Waals surface area contributed by atoms with Gasteiger partial charge in [0.25, 0.3) is 5.91 Å². The molecule has 34 heavy (non-hydrogen) atoms. The lowest BCUT2D eigenvalue weighted by atomic mass is 9.91. The first-order valence-electron chi connectivity index (χ1n) is 10.8. The third-order valence-corrected chi connectivity index (χ3v) is 6.09. The van der Waals surface area contributed by atoms with Gasteiger partial charge in [-0.1, -0.05) is 16.8 Å². The first kappa shape index (κ1) is 22.2. The van der Waals surface area contributed by atoms with Gasteiger partial charge in [0.2, 0.25) is 0 Å². The molecule has 0 spiro atoms. The summed E-state index contributed by atoms with van der Waals surface area (Å²) in [5.74, 6) is -1.10. The van der Waals surface area contributed by atoms with E-state index in [1.807, 2.05) is 0 Å². The van der Waals surface area contributed by atoms with E-state index in [1.54, 1.807) is 25.5 Å². The van der Waals surface area contributed by atoms with Gasteiger partial charge in [-0.05, 0) is 37.8 Å². The number of rotatable bonds is 5. The van der Waals surface area contributed by atoms with Crippen LogP contribution in [-0.2, 0) is 7.05 Å². The van der Waals surface area contributed by atoms with Crippen LogP contribution >= 0.6 is 11.6 Å². The standard InChI is InChI=1S/C22H21ClF2N8O/c1-33-10-18(31-32-33)22(34)29-13-4-2-3-12(7-13)28-21-17(25)9-27-20(30-21)15-8-26-19-14(15)5-11(23)6-16(19)24/h5-6,8-10,12-13,26H,2-4,7H2,1H3,(H,29,34)(H,27,28,30)/t12-,13+/m0/s1. The molecule has 2 atom stereocenters. The second kappa shape index (κ2) is 8.98. The van der Waals surface area contributed by atoms with Gasteiger partial charge in [-0.2, -0.15) is 0 Å². The highest BCUT2D eigenvalue weighted by Crippen LogP contribution is 2.31. The first-order chi connectivity index (χ1) is 16.4. The second-order valence-electron chi connectivity index (χ2n) is 8.36. The lowest BCUT2D eigenvalue weighted by Gasteiger charge is -2.30. The van der Waals surface area contributed by atoms with Crippen LogP contribution in [0.15, 0.2) is 30.7 Å². The number of nitrogens with zero attached hydrogens (tertiary/aromatic N) is 5. The molecule has 0 bridgehead atoms. The second-order valence-corrected chi connectivity index (χ2v) is 8.79. The maximum atomic E-state index is 14.6. The molecule has 0 unspecified atom stereocenters. The molecule has 0 radical (unpaired) electrons. The molecule has 1 aromatic carbocycles. The van der Waals surface area contributed by atoms with E-state index >= 15 is 0 Å². The summed E-state index contributed by atoms with van der Waals surface area (Å²) in [5.41, 5.74) is 1.03. The molecule has 3 heterocycles. The van der Waals surface area contributed by atoms with E-state index in [0.717, 1.165) is 25.5 Å². The van der Waals surface area contributed by atoms with Crippen LogP contribution in [-0.4, -0.2) is 47.9 Å². The van der Waals surface area contributed by atoms with E-state index in [9.17, 15) is 13.6 Å². The first-order valence-corrected chi connectivity index (χ1v) is 11.2. The number of aromatic nitrogens is 6. The molecule has 3 N–H and O–H groups in total. The number of aryl methyl sites for hydroxylation is 1. The van der Waals surface area contributed by atoms with E-state index in [2.05, 4.69) is 35.9 Å². The molecule has 5 rings (SSSR count). The van der Waals surface area contributed by atoms with Gasteiger partial charge in [-0.15, -0.1) is 5.10 Å². The van der Waals surface area contributed by atoms with Crippen LogP contribution in [0.3, 0.4) is 0 Å². The van der Waals surface area contributed by atoms with E-state index in [-0.39, 0.29) is 45.9 Å². The van der Waals surface area contributed by atoms with Gasteiger partial charge in [0, 0.05) is 41.3 Å². The molecule has 176 valence electrons. The van der Waals surface area contributed by atoms with E-state index < -0.39 is 11.6 Å². The molecule has 1 amide bonds. The third kappa shape index (κ3) is 4.43. The number of amides is 1. The SMILES string of the molecule is Cn1cc(C(=O)N[C@@H]2CCC[C@H](Nc3nc(-c4c[nH]c5c(F)cc(Cl)cc45)ncc3F)C2)nn1. The summed E-state index contributed by atoms with van der Waals surface area (Å²) >= 11 is 6.01. The minimum atomic E-state index is -0.599. The quantitative estimate of drug-likeness (QED) is 0.395. The number of aromatic amines is 1. The van der Waals surface area contributed by atoms with Crippen molar-refractivity contribution in [3.8, 4) is 11.4 Å². The summed E-state index contributed by atoms with van der Waals surface area (Å²) in [6.45, 7) is 0. The highest BCUT2D eigenvalue weighted by Gasteiger charge is 2.26. The molecule has 3 aromatic heterocycles. The Bertz CT molecular complexity index is 1370. The Morgan fingerprint density at radius 1 is 1.24 bits per heavy atom. The summed E-state index contributed by atoms with van der Waals surface area (Å²) in [6.07, 6.45) is 7.25. The molecular weight excluding hydrogens is 466 g/mol. The summed E-state index contributed by atoms with van der Waals surface area (Å²) in [7, 11) is 1.69. The maximum Gasteiger partial charge on any atom is 0.273 e. The fourth-order valence-corrected chi connectivity index (χ4v) is 4.50. The van der Waals surface area contributed by atoms with Crippen molar-refractivity contribution in [3.05, 3.63) is 53.1 Å². The van der Waals surface area contributed by atoms with Crippen molar-refractivity contribution in [2.75, 3.05) is 5.32 Å². The lowest BCUT2D eigenvalue weighted by molar-refractivity contribution is 0.0921. The zero-order valence-electron chi connectivity index (χ0n) is 18.1. The van der Waals surface area contributed by atoms with Crippen molar-refractivity contribution < 1.29 is 13.6 Å². The number of hydrogen-bond acceptors (Lipinski definition) is 6. The zero-order chi connectivity index (χ0) is 23.8. The predicted octanol–water partition coefficient (Wildman–Crippen LogP) is 3.84. The van der Waals surface area contributed by atoms with E-state index in [1.165, 1.54) is 10.7 Å². The van der Waals surface area contributed by atoms with Gasteiger partial charge in [0.15, 0.2) is 23.2 Å². The van der Waals surface area contributed by atoms with Gasteiger partial charge in [0.05, 0.1) is 17.9 Å². The van der Waals surface area contributed by atoms with Gasteiger partial charge in [-0.25, -0.2) is 18.7 Å². The van der Waals surface area contributed by atoms with E-state index in [0.29, 0.717) is 17.4 Å². The molecule has 0 saturated heterocycles. The van der Waals surface area contributed by atoms with Crippen LogP contribution in [0.5, 0.6) is 0 Å². The van der Waals surface area contributed by atoms with Crippen LogP contribution in [0.25, 0.3) is 22.3 Å². The van der Waals surface area contributed by atoms with Crippen LogP contribution in [0, 0.1) is 11.6 Å². The predicted molar refractivity (Wildman–Crippen MR) is 122 cm³/mol. The van der Waals surface area contributed by atoms with Gasteiger partial charge in [-0.3, -0.25) is 9.48 Å². The molecule has 0 aliphatic heterocycles. The topological polar surface area (TPSA) is 113 Å². The Hall–Kier alpha value is -3.60. The van der Waals surface area contributed by atoms with Crippen molar-refractivity contribution in [2.24, 2.45) is 7.05 Å². The number of carbonyl (C=O) groups is 1. The minimum Gasteiger partial charge on any atom is -0.365 e. The number of halogens is 3. The summed E-state index contributed by atoms with van der Waals surface area (Å²) < 4.78 is 30.2. The number of anilines is 1. The molecule has 4 aromatic rings. The van der Waals surface area contributed by atoms with Gasteiger partial charge >= 0.3 is 0 Å².